The number of ether oxygens (including phenoxy) is 2. The van der Waals surface area contributed by atoms with Gasteiger partial charge in [-0.15, -0.1) is 0 Å². The van der Waals surface area contributed by atoms with E-state index < -0.39 is 23.8 Å². The van der Waals surface area contributed by atoms with Gasteiger partial charge >= 0.3 is 11.9 Å². The number of hydrogen-bond donors (Lipinski definition) is 4. The van der Waals surface area contributed by atoms with Crippen LogP contribution in [0.15, 0.2) is 42.5 Å². The predicted molar refractivity (Wildman–Crippen MR) is 101 cm³/mol. The lowest BCUT2D eigenvalue weighted by atomic mass is 10.1. The van der Waals surface area contributed by atoms with E-state index in [9.17, 15) is 19.8 Å². The molecule has 0 radical (unpaired) electrons. The number of carbonyl (C=O) groups is 2. The predicted octanol–water partition coefficient (Wildman–Crippen LogP) is 1.65. The Labute approximate surface area is 162 Å². The molecule has 0 amide bonds. The molecule has 4 N–H and O–H groups in total. The number of phenols is 1. The van der Waals surface area contributed by atoms with Crippen LogP contribution < -0.4 is 14.8 Å². The lowest BCUT2D eigenvalue weighted by Crippen LogP contribution is -2.23. The number of aliphatic hydroxyl groups is 1. The summed E-state index contributed by atoms with van der Waals surface area (Å²) in [5.74, 6) is -3.15. The number of carboxylic acid groups (broad SMARTS) is 1. The summed E-state index contributed by atoms with van der Waals surface area (Å²) < 4.78 is 9.63. The molecule has 0 saturated carbocycles. The molecule has 0 spiro atoms. The number of aryl methyl sites for hydroxylation is 1. The van der Waals surface area contributed by atoms with Crippen molar-refractivity contribution in [1.29, 1.82) is 0 Å². The molecular formula is C20H23NO7. The Hall–Kier alpha value is -3.10. The average Bonchev–Trinajstić information content (AvgIpc) is 2.69. The van der Waals surface area contributed by atoms with E-state index in [2.05, 4.69) is 10.1 Å². The number of carboxylic acids is 1. The molecule has 0 aliphatic carbocycles. The van der Waals surface area contributed by atoms with Crippen molar-refractivity contribution in [1.82, 2.24) is 5.32 Å². The first-order valence-electron chi connectivity index (χ1n) is 8.70. The molecule has 2 aromatic rings. The monoisotopic (exact) mass is 389 g/mol. The molecule has 1 atom stereocenters. The molecule has 8 heteroatoms. The lowest BCUT2D eigenvalue weighted by Gasteiger charge is -2.14. The van der Waals surface area contributed by atoms with Crippen molar-refractivity contribution in [3.8, 4) is 17.2 Å². The van der Waals surface area contributed by atoms with Crippen LogP contribution >= 0.6 is 0 Å². The highest BCUT2D eigenvalue weighted by Crippen LogP contribution is 2.29. The zero-order valence-electron chi connectivity index (χ0n) is 15.4. The largest absolute Gasteiger partial charge is 0.504 e. The number of phenolic OH excluding ortho intramolecular Hbond substituents is 1. The van der Waals surface area contributed by atoms with E-state index in [1.807, 2.05) is 24.3 Å². The van der Waals surface area contributed by atoms with E-state index in [1.165, 1.54) is 23.8 Å². The second kappa shape index (κ2) is 10.3. The third kappa shape index (κ3) is 6.26. The topological polar surface area (TPSA) is 125 Å². The Morgan fingerprint density at radius 2 is 1.86 bits per heavy atom. The number of methoxy groups -OCH3 is 1. The van der Waals surface area contributed by atoms with E-state index in [0.717, 1.165) is 18.6 Å². The highest BCUT2D eigenvalue weighted by atomic mass is 16.6. The molecule has 150 valence electrons. The summed E-state index contributed by atoms with van der Waals surface area (Å²) in [6, 6.07) is 11.8. The molecule has 2 rings (SSSR count). The molecule has 0 aromatic heterocycles. The van der Waals surface area contributed by atoms with Crippen molar-refractivity contribution in [3.05, 3.63) is 53.6 Å². The molecule has 0 aliphatic rings. The first-order valence-corrected chi connectivity index (χ1v) is 8.70. The minimum Gasteiger partial charge on any atom is -0.504 e. The Morgan fingerprint density at radius 1 is 1.14 bits per heavy atom. The van der Waals surface area contributed by atoms with Crippen molar-refractivity contribution < 1.29 is 34.4 Å². The molecule has 2 aromatic carbocycles. The number of aliphatic carboxylic acids is 1. The van der Waals surface area contributed by atoms with Crippen LogP contribution in [0.5, 0.6) is 17.2 Å². The molecule has 0 fully saturated rings. The SMILES string of the molecule is COc1ccc(CCCNC[C@H](O)c2ccc(OC(=O)C(=O)O)c(O)c2)cc1. The van der Waals surface area contributed by atoms with Crippen molar-refractivity contribution in [3.63, 3.8) is 0 Å². The highest BCUT2D eigenvalue weighted by molar-refractivity contribution is 6.29. The molecule has 0 bridgehead atoms. The van der Waals surface area contributed by atoms with Gasteiger partial charge in [0.25, 0.3) is 0 Å². The van der Waals surface area contributed by atoms with Gasteiger partial charge < -0.3 is 30.1 Å². The maximum absolute atomic E-state index is 11.0. The molecule has 0 unspecified atom stereocenters. The molecule has 0 saturated heterocycles. The van der Waals surface area contributed by atoms with Crippen LogP contribution in [0.4, 0.5) is 0 Å². The van der Waals surface area contributed by atoms with Crippen LogP contribution in [0, 0.1) is 0 Å². The van der Waals surface area contributed by atoms with Crippen molar-refractivity contribution in [2.45, 2.75) is 18.9 Å². The van der Waals surface area contributed by atoms with E-state index in [0.29, 0.717) is 12.1 Å². The van der Waals surface area contributed by atoms with Gasteiger partial charge in [0.1, 0.15) is 5.75 Å². The van der Waals surface area contributed by atoms with E-state index in [4.69, 9.17) is 9.84 Å². The third-order valence-electron chi connectivity index (χ3n) is 4.06. The van der Waals surface area contributed by atoms with Gasteiger partial charge in [0, 0.05) is 6.54 Å². The minimum atomic E-state index is -1.76. The van der Waals surface area contributed by atoms with Crippen molar-refractivity contribution >= 4 is 11.9 Å². The van der Waals surface area contributed by atoms with Crippen molar-refractivity contribution in [2.24, 2.45) is 0 Å². The summed E-state index contributed by atoms with van der Waals surface area (Å²) in [5.41, 5.74) is 1.61. The Kier molecular flexibility index (Phi) is 7.79. The van der Waals surface area contributed by atoms with Gasteiger partial charge in [-0.25, -0.2) is 9.59 Å². The van der Waals surface area contributed by atoms with Crippen LogP contribution in [0.25, 0.3) is 0 Å². The van der Waals surface area contributed by atoms with Gasteiger partial charge in [-0.05, 0) is 54.8 Å². The summed E-state index contributed by atoms with van der Waals surface area (Å²) in [7, 11) is 1.63. The molecule has 0 aliphatic heterocycles. The summed E-state index contributed by atoms with van der Waals surface area (Å²) in [6.07, 6.45) is 0.891. The average molecular weight is 389 g/mol. The number of esters is 1. The van der Waals surface area contributed by atoms with Gasteiger partial charge in [-0.1, -0.05) is 18.2 Å². The number of rotatable bonds is 9. The summed E-state index contributed by atoms with van der Waals surface area (Å²) in [5, 5.41) is 31.7. The normalized spacial score (nSPS) is 11.6. The number of nitrogens with one attached hydrogen (secondary N) is 1. The smallest absolute Gasteiger partial charge is 0.422 e. The van der Waals surface area contributed by atoms with Crippen LogP contribution in [0.3, 0.4) is 0 Å². The third-order valence-corrected chi connectivity index (χ3v) is 4.06. The summed E-state index contributed by atoms with van der Waals surface area (Å²) >= 11 is 0. The summed E-state index contributed by atoms with van der Waals surface area (Å²) in [4.78, 5) is 21.5. The number of carbonyl (C=O) groups excluding carboxylic acids is 1. The first kappa shape index (κ1) is 21.2. The van der Waals surface area contributed by atoms with Gasteiger partial charge in [0.2, 0.25) is 0 Å². The molecular weight excluding hydrogens is 366 g/mol. The molecule has 0 heterocycles. The van der Waals surface area contributed by atoms with Crippen LogP contribution in [-0.4, -0.2) is 47.5 Å². The minimum absolute atomic E-state index is 0.274. The van der Waals surface area contributed by atoms with Crippen molar-refractivity contribution in [2.75, 3.05) is 20.2 Å². The second-order valence-electron chi connectivity index (χ2n) is 6.09. The molecule has 8 nitrogen and oxygen atoms in total. The van der Waals surface area contributed by atoms with Crippen LogP contribution in [0.1, 0.15) is 23.7 Å². The zero-order chi connectivity index (χ0) is 20.5. The van der Waals surface area contributed by atoms with Gasteiger partial charge in [-0.2, -0.15) is 0 Å². The van der Waals surface area contributed by atoms with Gasteiger partial charge in [0.05, 0.1) is 13.2 Å². The lowest BCUT2D eigenvalue weighted by molar-refractivity contribution is -0.158. The van der Waals surface area contributed by atoms with E-state index >= 15 is 0 Å². The van der Waals surface area contributed by atoms with Crippen LogP contribution in [-0.2, 0) is 16.0 Å². The fourth-order valence-corrected chi connectivity index (χ4v) is 2.54. The number of hydrogen-bond acceptors (Lipinski definition) is 7. The fourth-order valence-electron chi connectivity index (χ4n) is 2.54. The Morgan fingerprint density at radius 3 is 2.46 bits per heavy atom. The summed E-state index contributed by atoms with van der Waals surface area (Å²) in [6.45, 7) is 0.972. The number of aromatic hydroxyl groups is 1. The second-order valence-corrected chi connectivity index (χ2v) is 6.09. The van der Waals surface area contributed by atoms with Gasteiger partial charge in [0.15, 0.2) is 11.5 Å². The van der Waals surface area contributed by atoms with E-state index in [1.54, 1.807) is 7.11 Å². The quantitative estimate of drug-likeness (QED) is 0.221. The van der Waals surface area contributed by atoms with Gasteiger partial charge in [-0.3, -0.25) is 0 Å². The Bertz CT molecular complexity index is 805. The highest BCUT2D eigenvalue weighted by Gasteiger charge is 2.17. The standard InChI is InChI=1S/C20H23NO7/c1-27-15-7-4-13(5-8-15)3-2-10-21-12-17(23)14-6-9-18(16(22)11-14)28-20(26)19(24)25/h4-9,11,17,21-23H,2-3,10,12H2,1H3,(H,24,25)/t17-/m0/s1. The first-order chi connectivity index (χ1) is 13.4. The Balaban J connectivity index is 1.76. The number of aliphatic hydroxyl groups excluding tert-OH is 1. The molecule has 28 heavy (non-hydrogen) atoms. The van der Waals surface area contributed by atoms with E-state index in [-0.39, 0.29) is 12.3 Å². The maximum Gasteiger partial charge on any atom is 0.422 e. The fraction of sp³-hybridized carbons (Fsp3) is 0.300. The van der Waals surface area contributed by atoms with Crippen LogP contribution in [0.2, 0.25) is 0 Å². The zero-order valence-corrected chi connectivity index (χ0v) is 15.4. The maximum atomic E-state index is 11.0. The number of benzene rings is 2.